The van der Waals surface area contributed by atoms with Crippen LogP contribution in [0, 0.1) is 0 Å². The summed E-state index contributed by atoms with van der Waals surface area (Å²) in [6.07, 6.45) is 0.367. The number of nitrogens with zero attached hydrogens (tertiary/aromatic N) is 4. The van der Waals surface area contributed by atoms with Crippen LogP contribution in [0.3, 0.4) is 0 Å². The third-order valence-corrected chi connectivity index (χ3v) is 4.34. The smallest absolute Gasteiger partial charge is 0.407 e. The maximum atomic E-state index is 12.2. The van der Waals surface area contributed by atoms with Gasteiger partial charge in [-0.2, -0.15) is 5.10 Å². The molecule has 0 bridgehead atoms. The van der Waals surface area contributed by atoms with E-state index < -0.39 is 6.09 Å². The van der Waals surface area contributed by atoms with E-state index in [1.54, 1.807) is 19.0 Å². The third-order valence-electron chi connectivity index (χ3n) is 4.34. The third kappa shape index (κ3) is 4.99. The molecule has 0 saturated carbocycles. The summed E-state index contributed by atoms with van der Waals surface area (Å²) in [4.78, 5) is 27.5. The van der Waals surface area contributed by atoms with Gasteiger partial charge in [0.2, 0.25) is 0 Å². The lowest BCUT2D eigenvalue weighted by atomic mass is 10.2. The first-order chi connectivity index (χ1) is 13.0. The highest BCUT2D eigenvalue weighted by Crippen LogP contribution is 2.15. The van der Waals surface area contributed by atoms with Crippen LogP contribution in [0.4, 0.5) is 9.59 Å². The Morgan fingerprint density at radius 2 is 2.00 bits per heavy atom. The van der Waals surface area contributed by atoms with E-state index in [4.69, 9.17) is 4.74 Å². The second-order valence-electron chi connectivity index (χ2n) is 6.72. The Labute approximate surface area is 158 Å². The first kappa shape index (κ1) is 18.8. The molecular formula is C19H25N5O3. The fourth-order valence-electron chi connectivity index (χ4n) is 2.99. The molecule has 27 heavy (non-hydrogen) atoms. The van der Waals surface area contributed by atoms with E-state index in [0.717, 1.165) is 29.9 Å². The summed E-state index contributed by atoms with van der Waals surface area (Å²) in [5.41, 5.74) is 2.66. The van der Waals surface area contributed by atoms with Crippen LogP contribution in [0.5, 0.6) is 0 Å². The van der Waals surface area contributed by atoms with Crippen molar-refractivity contribution in [3.8, 4) is 0 Å². The lowest BCUT2D eigenvalue weighted by molar-refractivity contribution is 0.139. The highest BCUT2D eigenvalue weighted by atomic mass is 16.5. The molecule has 0 atom stereocenters. The molecule has 144 valence electrons. The Balaban J connectivity index is 1.53. The Bertz CT molecular complexity index is 788. The molecule has 8 nitrogen and oxygen atoms in total. The maximum absolute atomic E-state index is 12.2. The molecule has 3 rings (SSSR count). The number of amides is 3. The lowest BCUT2D eigenvalue weighted by Crippen LogP contribution is -2.38. The van der Waals surface area contributed by atoms with E-state index >= 15 is 0 Å². The summed E-state index contributed by atoms with van der Waals surface area (Å²) in [5, 5.41) is 7.25. The van der Waals surface area contributed by atoms with Crippen LogP contribution in [-0.4, -0.2) is 52.3 Å². The van der Waals surface area contributed by atoms with Gasteiger partial charge in [-0.25, -0.2) is 9.59 Å². The number of aromatic nitrogens is 2. The molecule has 0 aliphatic carbocycles. The van der Waals surface area contributed by atoms with Gasteiger partial charge in [0.15, 0.2) is 0 Å². The zero-order valence-corrected chi connectivity index (χ0v) is 15.7. The molecule has 3 amide bonds. The van der Waals surface area contributed by atoms with Crippen molar-refractivity contribution in [1.29, 1.82) is 0 Å². The fourth-order valence-corrected chi connectivity index (χ4v) is 2.99. The van der Waals surface area contributed by atoms with Crippen molar-refractivity contribution in [2.45, 2.75) is 32.7 Å². The average molecular weight is 371 g/mol. The minimum absolute atomic E-state index is 0.00573. The minimum Gasteiger partial charge on any atom is -0.445 e. The second-order valence-corrected chi connectivity index (χ2v) is 6.72. The van der Waals surface area contributed by atoms with E-state index in [0.29, 0.717) is 13.1 Å². The first-order valence-electron chi connectivity index (χ1n) is 8.99. The number of benzene rings is 1. The summed E-state index contributed by atoms with van der Waals surface area (Å²) in [6, 6.07) is 11.5. The number of rotatable bonds is 4. The van der Waals surface area contributed by atoms with Crippen molar-refractivity contribution >= 4 is 12.1 Å². The molecule has 0 fully saturated rings. The van der Waals surface area contributed by atoms with Crippen molar-refractivity contribution in [2.75, 3.05) is 20.6 Å². The SMILES string of the molecule is CN(C)C(=O)N1CCCn2nc(CNC(=O)OCc3ccccc3)cc2C1. The largest absolute Gasteiger partial charge is 0.445 e. The molecule has 0 radical (unpaired) electrons. The minimum atomic E-state index is -0.480. The van der Waals surface area contributed by atoms with Crippen LogP contribution in [0.25, 0.3) is 0 Å². The summed E-state index contributed by atoms with van der Waals surface area (Å²) in [7, 11) is 3.50. The maximum Gasteiger partial charge on any atom is 0.407 e. The molecule has 0 saturated heterocycles. The van der Waals surface area contributed by atoms with Gasteiger partial charge < -0.3 is 19.9 Å². The number of ether oxygens (including phenoxy) is 1. The Kier molecular flexibility index (Phi) is 5.95. The van der Waals surface area contributed by atoms with Gasteiger partial charge in [0.1, 0.15) is 6.61 Å². The molecule has 1 aliphatic rings. The fraction of sp³-hybridized carbons (Fsp3) is 0.421. The Hall–Kier alpha value is -3.03. The summed E-state index contributed by atoms with van der Waals surface area (Å²) in [6.45, 7) is 2.50. The number of carbonyl (C=O) groups excluding carboxylic acids is 2. The molecule has 1 N–H and O–H groups in total. The van der Waals surface area contributed by atoms with Crippen molar-refractivity contribution in [3.63, 3.8) is 0 Å². The highest BCUT2D eigenvalue weighted by Gasteiger charge is 2.21. The van der Waals surface area contributed by atoms with Crippen LogP contribution < -0.4 is 5.32 Å². The first-order valence-corrected chi connectivity index (χ1v) is 8.99. The van der Waals surface area contributed by atoms with Crippen LogP contribution in [-0.2, 0) is 31.0 Å². The Morgan fingerprint density at radius 1 is 1.22 bits per heavy atom. The van der Waals surface area contributed by atoms with Gasteiger partial charge in [0.25, 0.3) is 0 Å². The monoisotopic (exact) mass is 371 g/mol. The normalized spacial score (nSPS) is 13.5. The topological polar surface area (TPSA) is 79.7 Å². The second kappa shape index (κ2) is 8.57. The molecule has 2 heterocycles. The van der Waals surface area contributed by atoms with Crippen LogP contribution >= 0.6 is 0 Å². The molecule has 1 aromatic carbocycles. The zero-order valence-electron chi connectivity index (χ0n) is 15.7. The predicted octanol–water partition coefficient (Wildman–Crippen LogP) is 2.20. The lowest BCUT2D eigenvalue weighted by Gasteiger charge is -2.23. The number of aryl methyl sites for hydroxylation is 1. The quantitative estimate of drug-likeness (QED) is 0.894. The summed E-state index contributed by atoms with van der Waals surface area (Å²) < 4.78 is 7.12. The van der Waals surface area contributed by atoms with Gasteiger partial charge in [-0.05, 0) is 18.1 Å². The number of urea groups is 1. The zero-order chi connectivity index (χ0) is 19.2. The molecule has 1 aromatic heterocycles. The average Bonchev–Trinajstić information content (AvgIpc) is 2.95. The van der Waals surface area contributed by atoms with Crippen molar-refractivity contribution < 1.29 is 14.3 Å². The van der Waals surface area contributed by atoms with Crippen molar-refractivity contribution in [1.82, 2.24) is 24.9 Å². The number of nitrogens with one attached hydrogen (secondary N) is 1. The van der Waals surface area contributed by atoms with Crippen LogP contribution in [0.15, 0.2) is 36.4 Å². The molecule has 0 spiro atoms. The van der Waals surface area contributed by atoms with Crippen molar-refractivity contribution in [3.05, 3.63) is 53.3 Å². The molecule has 0 unspecified atom stereocenters. The highest BCUT2D eigenvalue weighted by molar-refractivity contribution is 5.73. The molecule has 2 aromatic rings. The van der Waals surface area contributed by atoms with E-state index in [1.807, 2.05) is 46.0 Å². The molecular weight excluding hydrogens is 346 g/mol. The number of fused-ring (bicyclic) bond motifs is 1. The van der Waals surface area contributed by atoms with E-state index in [1.165, 1.54) is 0 Å². The Morgan fingerprint density at radius 3 is 2.74 bits per heavy atom. The van der Waals surface area contributed by atoms with Gasteiger partial charge >= 0.3 is 12.1 Å². The number of alkyl carbamates (subject to hydrolysis) is 1. The van der Waals surface area contributed by atoms with Gasteiger partial charge in [0.05, 0.1) is 24.5 Å². The van der Waals surface area contributed by atoms with Gasteiger partial charge in [-0.1, -0.05) is 30.3 Å². The molecule has 8 heteroatoms. The summed E-state index contributed by atoms with van der Waals surface area (Å²) >= 11 is 0. The standard InChI is InChI=1S/C19H25N5O3/c1-22(2)19(26)23-9-6-10-24-17(13-23)11-16(21-24)12-20-18(25)27-14-15-7-4-3-5-8-15/h3-5,7-8,11H,6,9-10,12-14H2,1-2H3,(H,20,25). The molecule has 1 aliphatic heterocycles. The number of hydrogen-bond acceptors (Lipinski definition) is 4. The predicted molar refractivity (Wildman–Crippen MR) is 99.8 cm³/mol. The van der Waals surface area contributed by atoms with E-state index in [9.17, 15) is 9.59 Å². The number of hydrogen-bond donors (Lipinski definition) is 1. The number of carbonyl (C=O) groups is 2. The van der Waals surface area contributed by atoms with Gasteiger partial charge in [-0.3, -0.25) is 4.68 Å². The van der Waals surface area contributed by atoms with Crippen LogP contribution in [0.2, 0.25) is 0 Å². The van der Waals surface area contributed by atoms with E-state index in [2.05, 4.69) is 10.4 Å². The summed E-state index contributed by atoms with van der Waals surface area (Å²) in [5.74, 6) is 0. The van der Waals surface area contributed by atoms with Crippen molar-refractivity contribution in [2.24, 2.45) is 0 Å². The van der Waals surface area contributed by atoms with E-state index in [-0.39, 0.29) is 19.2 Å². The van der Waals surface area contributed by atoms with Gasteiger partial charge in [-0.15, -0.1) is 0 Å². The van der Waals surface area contributed by atoms with Gasteiger partial charge in [0, 0.05) is 27.2 Å². The van der Waals surface area contributed by atoms with Crippen LogP contribution in [0.1, 0.15) is 23.4 Å².